The number of aromatic nitrogens is 1. The third kappa shape index (κ3) is 4.73. The van der Waals surface area contributed by atoms with Crippen molar-refractivity contribution in [2.45, 2.75) is 25.3 Å². The summed E-state index contributed by atoms with van der Waals surface area (Å²) in [5, 5.41) is 9.07. The number of halogens is 2. The van der Waals surface area contributed by atoms with Crippen molar-refractivity contribution in [3.8, 4) is 23.1 Å². The standard InChI is InChI=1S/C25H24F2N4O2/c1-33-23-5-2-15(11-21(23)27)10-19-22(32)13-24(31-8-6-18(29)7-9-31)30-25(19)16-3-4-17(14-28)20(26)12-16/h2-5,11-13,18H,6-10,29H2,1H3,(H,30,32). The van der Waals surface area contributed by atoms with Gasteiger partial charge in [0.25, 0.3) is 0 Å². The number of nitrogens with zero attached hydrogens (tertiary/aromatic N) is 2. The van der Waals surface area contributed by atoms with Crippen molar-refractivity contribution in [1.82, 2.24) is 4.98 Å². The number of hydrogen-bond donors (Lipinski definition) is 2. The Bertz CT molecular complexity index is 1270. The van der Waals surface area contributed by atoms with Crippen molar-refractivity contribution in [2.24, 2.45) is 5.73 Å². The average molecular weight is 450 g/mol. The molecule has 4 rings (SSSR count). The molecule has 0 unspecified atom stereocenters. The highest BCUT2D eigenvalue weighted by atomic mass is 19.1. The molecule has 6 nitrogen and oxygen atoms in total. The molecule has 0 radical (unpaired) electrons. The van der Waals surface area contributed by atoms with Gasteiger partial charge in [0.1, 0.15) is 17.7 Å². The molecule has 0 atom stereocenters. The minimum Gasteiger partial charge on any atom is -0.494 e. The summed E-state index contributed by atoms with van der Waals surface area (Å²) in [5.74, 6) is -0.470. The van der Waals surface area contributed by atoms with Gasteiger partial charge in [-0.05, 0) is 42.7 Å². The molecule has 2 heterocycles. The zero-order valence-corrected chi connectivity index (χ0v) is 18.2. The van der Waals surface area contributed by atoms with E-state index in [4.69, 9.17) is 15.7 Å². The van der Waals surface area contributed by atoms with E-state index in [9.17, 15) is 13.6 Å². The van der Waals surface area contributed by atoms with Crippen LogP contribution in [0.25, 0.3) is 11.3 Å². The lowest BCUT2D eigenvalue weighted by atomic mass is 9.97. The van der Waals surface area contributed by atoms with Crippen LogP contribution in [-0.4, -0.2) is 31.2 Å². The number of H-pyrrole nitrogens is 1. The summed E-state index contributed by atoms with van der Waals surface area (Å²) < 4.78 is 33.6. The largest absolute Gasteiger partial charge is 0.494 e. The van der Waals surface area contributed by atoms with Crippen molar-refractivity contribution < 1.29 is 13.5 Å². The molecular formula is C25H24F2N4O2. The van der Waals surface area contributed by atoms with E-state index in [1.165, 1.54) is 37.4 Å². The third-order valence-corrected chi connectivity index (χ3v) is 5.98. The van der Waals surface area contributed by atoms with Crippen molar-refractivity contribution in [3.05, 3.63) is 81.0 Å². The molecule has 1 aliphatic heterocycles. The third-order valence-electron chi connectivity index (χ3n) is 5.98. The summed E-state index contributed by atoms with van der Waals surface area (Å²) in [4.78, 5) is 18.6. The van der Waals surface area contributed by atoms with E-state index < -0.39 is 11.6 Å². The number of rotatable bonds is 5. The first-order valence-electron chi connectivity index (χ1n) is 10.7. The molecule has 1 saturated heterocycles. The fraction of sp³-hybridized carbons (Fsp3) is 0.280. The van der Waals surface area contributed by atoms with Crippen LogP contribution in [0.15, 0.2) is 47.3 Å². The second kappa shape index (κ2) is 9.43. The summed E-state index contributed by atoms with van der Waals surface area (Å²) >= 11 is 0. The molecule has 170 valence electrons. The number of pyridine rings is 1. The minimum absolute atomic E-state index is 0.0824. The lowest BCUT2D eigenvalue weighted by Gasteiger charge is -2.32. The highest BCUT2D eigenvalue weighted by molar-refractivity contribution is 5.67. The first-order chi connectivity index (χ1) is 15.9. The summed E-state index contributed by atoms with van der Waals surface area (Å²) in [5.41, 5.74) is 7.50. The number of methoxy groups -OCH3 is 1. The molecule has 8 heteroatoms. The summed E-state index contributed by atoms with van der Waals surface area (Å²) in [6.45, 7) is 1.39. The van der Waals surface area contributed by atoms with E-state index in [1.54, 1.807) is 18.2 Å². The Labute approximate surface area is 190 Å². The Morgan fingerprint density at radius 2 is 1.91 bits per heavy atom. The van der Waals surface area contributed by atoms with Crippen LogP contribution in [0.1, 0.15) is 29.5 Å². The second-order valence-corrected chi connectivity index (χ2v) is 8.15. The lowest BCUT2D eigenvalue weighted by molar-refractivity contribution is 0.386. The molecule has 3 aromatic rings. The van der Waals surface area contributed by atoms with Crippen molar-refractivity contribution in [2.75, 3.05) is 25.1 Å². The predicted octanol–water partition coefficient (Wildman–Crippen LogP) is 3.72. The molecule has 1 fully saturated rings. The number of anilines is 1. The predicted molar refractivity (Wildman–Crippen MR) is 122 cm³/mol. The highest BCUT2D eigenvalue weighted by Crippen LogP contribution is 2.28. The fourth-order valence-electron chi connectivity index (χ4n) is 4.09. The van der Waals surface area contributed by atoms with Gasteiger partial charge in [-0.15, -0.1) is 0 Å². The van der Waals surface area contributed by atoms with Gasteiger partial charge in [0.2, 0.25) is 0 Å². The van der Waals surface area contributed by atoms with Crippen molar-refractivity contribution >= 4 is 5.82 Å². The minimum atomic E-state index is -0.674. The van der Waals surface area contributed by atoms with Crippen LogP contribution >= 0.6 is 0 Å². The first kappa shape index (κ1) is 22.5. The van der Waals surface area contributed by atoms with Crippen LogP contribution < -0.4 is 20.8 Å². The van der Waals surface area contributed by atoms with Crippen LogP contribution in [0, 0.1) is 23.0 Å². The smallest absolute Gasteiger partial charge is 0.187 e. The Balaban J connectivity index is 1.81. The van der Waals surface area contributed by atoms with E-state index >= 15 is 0 Å². The lowest BCUT2D eigenvalue weighted by Crippen LogP contribution is -2.40. The molecule has 33 heavy (non-hydrogen) atoms. The van der Waals surface area contributed by atoms with Gasteiger partial charge < -0.3 is 20.4 Å². The van der Waals surface area contributed by atoms with E-state index in [1.807, 2.05) is 4.90 Å². The summed E-state index contributed by atoms with van der Waals surface area (Å²) in [7, 11) is 1.38. The van der Waals surface area contributed by atoms with Gasteiger partial charge >= 0.3 is 0 Å². The first-order valence-corrected chi connectivity index (χ1v) is 10.7. The van der Waals surface area contributed by atoms with Crippen molar-refractivity contribution in [1.29, 1.82) is 5.26 Å². The van der Waals surface area contributed by atoms with Gasteiger partial charge in [0.05, 0.1) is 18.4 Å². The zero-order chi connectivity index (χ0) is 23.5. The van der Waals surface area contributed by atoms with E-state index in [2.05, 4.69) is 4.98 Å². The van der Waals surface area contributed by atoms with Crippen LogP contribution in [-0.2, 0) is 6.42 Å². The van der Waals surface area contributed by atoms with E-state index in [0.717, 1.165) is 12.8 Å². The quantitative estimate of drug-likeness (QED) is 0.618. The van der Waals surface area contributed by atoms with Gasteiger partial charge in [-0.25, -0.2) is 8.78 Å². The average Bonchev–Trinajstić information content (AvgIpc) is 2.81. The molecule has 0 saturated carbocycles. The maximum atomic E-state index is 14.4. The molecule has 2 aromatic carbocycles. The second-order valence-electron chi connectivity index (χ2n) is 8.15. The number of ether oxygens (including phenoxy) is 1. The normalized spacial score (nSPS) is 14.2. The number of nitrogens with one attached hydrogen (secondary N) is 1. The number of hydrogen-bond acceptors (Lipinski definition) is 5. The molecule has 0 amide bonds. The Kier molecular flexibility index (Phi) is 6.43. The molecule has 0 spiro atoms. The number of aromatic amines is 1. The molecule has 0 aliphatic carbocycles. The van der Waals surface area contributed by atoms with Gasteiger partial charge in [-0.3, -0.25) is 4.79 Å². The molecule has 3 N–H and O–H groups in total. The van der Waals surface area contributed by atoms with Crippen molar-refractivity contribution in [3.63, 3.8) is 0 Å². The van der Waals surface area contributed by atoms with E-state index in [-0.39, 0.29) is 29.2 Å². The van der Waals surface area contributed by atoms with Crippen LogP contribution in [0.5, 0.6) is 5.75 Å². The van der Waals surface area contributed by atoms with Gasteiger partial charge in [-0.2, -0.15) is 5.26 Å². The Hall–Kier alpha value is -3.70. The number of nitriles is 1. The van der Waals surface area contributed by atoms with Crippen LogP contribution in [0.3, 0.4) is 0 Å². The Morgan fingerprint density at radius 1 is 1.15 bits per heavy atom. The van der Waals surface area contributed by atoms with E-state index in [0.29, 0.717) is 41.3 Å². The van der Waals surface area contributed by atoms with Gasteiger partial charge in [-0.1, -0.05) is 12.1 Å². The maximum absolute atomic E-state index is 14.4. The van der Waals surface area contributed by atoms with Gasteiger partial charge in [0, 0.05) is 42.7 Å². The fourth-order valence-corrected chi connectivity index (χ4v) is 4.09. The topological polar surface area (TPSA) is 95.1 Å². The molecule has 1 aromatic heterocycles. The summed E-state index contributed by atoms with van der Waals surface area (Å²) in [6.07, 6.45) is 1.74. The molecular weight excluding hydrogens is 426 g/mol. The molecule has 1 aliphatic rings. The molecule has 0 bridgehead atoms. The monoisotopic (exact) mass is 450 g/mol. The highest BCUT2D eigenvalue weighted by Gasteiger charge is 2.21. The maximum Gasteiger partial charge on any atom is 0.187 e. The zero-order valence-electron chi connectivity index (χ0n) is 18.2. The number of nitrogens with two attached hydrogens (primary N) is 1. The van der Waals surface area contributed by atoms with Crippen LogP contribution in [0.4, 0.5) is 14.6 Å². The SMILES string of the molecule is COc1ccc(Cc2c(-c3ccc(C#N)c(F)c3)[nH]c(N3CCC(N)CC3)cc2=O)cc1F. The summed E-state index contributed by atoms with van der Waals surface area (Å²) in [6, 6.07) is 12.2. The van der Waals surface area contributed by atoms with Crippen LogP contribution in [0.2, 0.25) is 0 Å². The number of piperidine rings is 1. The van der Waals surface area contributed by atoms with Gasteiger partial charge in [0.15, 0.2) is 17.0 Å². The number of benzene rings is 2. The Morgan fingerprint density at radius 3 is 2.55 bits per heavy atom.